The molecule has 1 heterocycles. The average molecular weight is 250 g/mol. The van der Waals surface area contributed by atoms with Gasteiger partial charge in [-0.1, -0.05) is 33.6 Å². The van der Waals surface area contributed by atoms with Crippen LogP contribution >= 0.6 is 0 Å². The Labute approximate surface area is 111 Å². The van der Waals surface area contributed by atoms with Crippen molar-refractivity contribution >= 4 is 0 Å². The Kier molecular flexibility index (Phi) is 6.73. The predicted octanol–water partition coefficient (Wildman–Crippen LogP) is 3.31. The summed E-state index contributed by atoms with van der Waals surface area (Å²) >= 11 is 0. The summed E-state index contributed by atoms with van der Waals surface area (Å²) in [6, 6.07) is 4.03. The van der Waals surface area contributed by atoms with Crippen LogP contribution in [0.3, 0.4) is 0 Å². The fourth-order valence-electron chi connectivity index (χ4n) is 2.00. The molecule has 1 aromatic heterocycles. The van der Waals surface area contributed by atoms with Crippen LogP contribution in [-0.4, -0.2) is 11.6 Å². The van der Waals surface area contributed by atoms with Crippen LogP contribution < -0.4 is 10.5 Å². The zero-order chi connectivity index (χ0) is 13.4. The van der Waals surface area contributed by atoms with Crippen molar-refractivity contribution in [2.75, 3.05) is 6.61 Å². The molecular formula is C15H26N2O. The standard InChI is InChI=1S/C15H26N2O/c1-4-6-12(3)11-18-15-9-13(10-16)8-14(17-15)7-5-2/h8-9,12H,4-7,10-11,16H2,1-3H3. The largest absolute Gasteiger partial charge is 0.477 e. The first-order chi connectivity index (χ1) is 8.69. The number of aromatic nitrogens is 1. The van der Waals surface area contributed by atoms with E-state index in [0.29, 0.717) is 12.5 Å². The third-order valence-electron chi connectivity index (χ3n) is 2.95. The van der Waals surface area contributed by atoms with Crippen LogP contribution in [0.1, 0.15) is 51.3 Å². The molecule has 0 amide bonds. The lowest BCUT2D eigenvalue weighted by molar-refractivity contribution is 0.242. The number of pyridine rings is 1. The van der Waals surface area contributed by atoms with Gasteiger partial charge in [-0.15, -0.1) is 0 Å². The summed E-state index contributed by atoms with van der Waals surface area (Å²) in [5.74, 6) is 1.30. The van der Waals surface area contributed by atoms with E-state index in [0.717, 1.165) is 36.6 Å². The second-order valence-electron chi connectivity index (χ2n) is 4.96. The van der Waals surface area contributed by atoms with Crippen LogP contribution in [0, 0.1) is 5.92 Å². The SMILES string of the molecule is CCCc1cc(CN)cc(OCC(C)CCC)n1. The first-order valence-corrected chi connectivity index (χ1v) is 7.02. The Balaban J connectivity index is 2.65. The number of ether oxygens (including phenoxy) is 1. The molecule has 1 aromatic rings. The van der Waals surface area contributed by atoms with E-state index < -0.39 is 0 Å². The lowest BCUT2D eigenvalue weighted by Crippen LogP contribution is -2.10. The Bertz CT molecular complexity index is 352. The number of hydrogen-bond acceptors (Lipinski definition) is 3. The second kappa shape index (κ2) is 8.09. The van der Waals surface area contributed by atoms with Crippen molar-refractivity contribution < 1.29 is 4.74 Å². The summed E-state index contributed by atoms with van der Waals surface area (Å²) in [6.45, 7) is 7.84. The lowest BCUT2D eigenvalue weighted by Gasteiger charge is -2.13. The average Bonchev–Trinajstić information content (AvgIpc) is 2.37. The summed E-state index contributed by atoms with van der Waals surface area (Å²) in [5.41, 5.74) is 7.89. The number of rotatable bonds is 8. The van der Waals surface area contributed by atoms with Crippen molar-refractivity contribution in [2.24, 2.45) is 11.7 Å². The smallest absolute Gasteiger partial charge is 0.213 e. The van der Waals surface area contributed by atoms with Crippen molar-refractivity contribution in [3.8, 4) is 5.88 Å². The number of nitrogens with two attached hydrogens (primary N) is 1. The Morgan fingerprint density at radius 1 is 1.28 bits per heavy atom. The van der Waals surface area contributed by atoms with Crippen LogP contribution in [0.2, 0.25) is 0 Å². The molecule has 0 aliphatic carbocycles. The van der Waals surface area contributed by atoms with Crippen molar-refractivity contribution in [3.63, 3.8) is 0 Å². The maximum atomic E-state index is 5.78. The van der Waals surface area contributed by atoms with Gasteiger partial charge in [0.25, 0.3) is 0 Å². The fourth-order valence-corrected chi connectivity index (χ4v) is 2.00. The molecular weight excluding hydrogens is 224 g/mol. The monoisotopic (exact) mass is 250 g/mol. The third kappa shape index (κ3) is 5.05. The minimum atomic E-state index is 0.542. The van der Waals surface area contributed by atoms with E-state index in [-0.39, 0.29) is 0 Å². The maximum Gasteiger partial charge on any atom is 0.213 e. The highest BCUT2D eigenvalue weighted by Crippen LogP contribution is 2.15. The normalized spacial score (nSPS) is 12.4. The highest BCUT2D eigenvalue weighted by Gasteiger charge is 2.06. The first-order valence-electron chi connectivity index (χ1n) is 7.02. The number of hydrogen-bond donors (Lipinski definition) is 1. The van der Waals surface area contributed by atoms with E-state index in [9.17, 15) is 0 Å². The van der Waals surface area contributed by atoms with E-state index in [4.69, 9.17) is 10.5 Å². The van der Waals surface area contributed by atoms with Gasteiger partial charge in [-0.05, 0) is 30.4 Å². The van der Waals surface area contributed by atoms with Gasteiger partial charge in [0.05, 0.1) is 6.61 Å². The molecule has 2 N–H and O–H groups in total. The zero-order valence-electron chi connectivity index (χ0n) is 11.9. The maximum absolute atomic E-state index is 5.78. The van der Waals surface area contributed by atoms with Gasteiger partial charge in [-0.3, -0.25) is 0 Å². The molecule has 1 atom stereocenters. The highest BCUT2D eigenvalue weighted by molar-refractivity contribution is 5.25. The van der Waals surface area contributed by atoms with Gasteiger partial charge in [-0.25, -0.2) is 4.98 Å². The highest BCUT2D eigenvalue weighted by atomic mass is 16.5. The second-order valence-corrected chi connectivity index (χ2v) is 4.96. The third-order valence-corrected chi connectivity index (χ3v) is 2.95. The van der Waals surface area contributed by atoms with E-state index >= 15 is 0 Å². The summed E-state index contributed by atoms with van der Waals surface area (Å²) < 4.78 is 5.78. The number of aryl methyl sites for hydroxylation is 1. The molecule has 18 heavy (non-hydrogen) atoms. The van der Waals surface area contributed by atoms with Gasteiger partial charge in [-0.2, -0.15) is 0 Å². The molecule has 1 unspecified atom stereocenters. The Morgan fingerprint density at radius 2 is 2.06 bits per heavy atom. The summed E-state index contributed by atoms with van der Waals surface area (Å²) in [6.07, 6.45) is 4.46. The molecule has 0 aliphatic rings. The zero-order valence-corrected chi connectivity index (χ0v) is 11.9. The molecule has 102 valence electrons. The molecule has 1 rings (SSSR count). The Hall–Kier alpha value is -1.09. The van der Waals surface area contributed by atoms with Gasteiger partial charge in [0, 0.05) is 18.3 Å². The molecule has 0 saturated carbocycles. The van der Waals surface area contributed by atoms with E-state index in [1.807, 2.05) is 6.07 Å². The van der Waals surface area contributed by atoms with Crippen molar-refractivity contribution in [3.05, 3.63) is 23.4 Å². The van der Waals surface area contributed by atoms with Gasteiger partial charge in [0.1, 0.15) is 0 Å². The van der Waals surface area contributed by atoms with E-state index in [1.165, 1.54) is 12.8 Å². The van der Waals surface area contributed by atoms with Crippen molar-refractivity contribution in [1.29, 1.82) is 0 Å². The van der Waals surface area contributed by atoms with Crippen molar-refractivity contribution in [2.45, 2.75) is 53.0 Å². The summed E-state index contributed by atoms with van der Waals surface area (Å²) in [7, 11) is 0. The number of nitrogens with zero attached hydrogens (tertiary/aromatic N) is 1. The molecule has 0 saturated heterocycles. The molecule has 3 heteroatoms. The minimum Gasteiger partial charge on any atom is -0.477 e. The topological polar surface area (TPSA) is 48.1 Å². The first kappa shape index (κ1) is 15.0. The predicted molar refractivity (Wildman–Crippen MR) is 75.7 cm³/mol. The summed E-state index contributed by atoms with van der Waals surface area (Å²) in [5, 5.41) is 0. The van der Waals surface area contributed by atoms with Crippen LogP contribution in [0.4, 0.5) is 0 Å². The summed E-state index contributed by atoms with van der Waals surface area (Å²) in [4.78, 5) is 4.53. The van der Waals surface area contributed by atoms with Gasteiger partial charge >= 0.3 is 0 Å². The van der Waals surface area contributed by atoms with E-state index in [2.05, 4.69) is 31.8 Å². The molecule has 0 radical (unpaired) electrons. The van der Waals surface area contributed by atoms with E-state index in [1.54, 1.807) is 0 Å². The van der Waals surface area contributed by atoms with Crippen molar-refractivity contribution in [1.82, 2.24) is 4.98 Å². The van der Waals surface area contributed by atoms with Crippen LogP contribution in [0.15, 0.2) is 12.1 Å². The van der Waals surface area contributed by atoms with Gasteiger partial charge in [0.15, 0.2) is 0 Å². The molecule has 0 aliphatic heterocycles. The molecule has 0 aromatic carbocycles. The van der Waals surface area contributed by atoms with Crippen LogP contribution in [-0.2, 0) is 13.0 Å². The lowest BCUT2D eigenvalue weighted by atomic mass is 10.1. The van der Waals surface area contributed by atoms with Crippen LogP contribution in [0.5, 0.6) is 5.88 Å². The van der Waals surface area contributed by atoms with Gasteiger partial charge < -0.3 is 10.5 Å². The molecule has 0 bridgehead atoms. The molecule has 0 spiro atoms. The minimum absolute atomic E-state index is 0.542. The Morgan fingerprint density at radius 3 is 2.67 bits per heavy atom. The van der Waals surface area contributed by atoms with Gasteiger partial charge in [0.2, 0.25) is 5.88 Å². The molecule has 3 nitrogen and oxygen atoms in total. The van der Waals surface area contributed by atoms with Crippen LogP contribution in [0.25, 0.3) is 0 Å². The fraction of sp³-hybridized carbons (Fsp3) is 0.667. The quantitative estimate of drug-likeness (QED) is 0.770. The molecule has 0 fully saturated rings.